The van der Waals surface area contributed by atoms with E-state index in [1.807, 2.05) is 13.8 Å². The second kappa shape index (κ2) is 6.39. The summed E-state index contributed by atoms with van der Waals surface area (Å²) in [5.74, 6) is -1.66. The summed E-state index contributed by atoms with van der Waals surface area (Å²) in [6, 6.07) is 0. The molecule has 0 saturated heterocycles. The van der Waals surface area contributed by atoms with Crippen LogP contribution in [0, 0.1) is 5.41 Å². The second-order valence-electron chi connectivity index (χ2n) is 4.77. The molecule has 0 aliphatic carbocycles. The van der Waals surface area contributed by atoms with E-state index in [0.29, 0.717) is 6.54 Å². The van der Waals surface area contributed by atoms with Gasteiger partial charge < -0.3 is 10.4 Å². The van der Waals surface area contributed by atoms with Crippen LogP contribution >= 0.6 is 15.9 Å². The van der Waals surface area contributed by atoms with E-state index in [0.717, 1.165) is 22.3 Å². The van der Waals surface area contributed by atoms with Crippen LogP contribution in [0.25, 0.3) is 0 Å². The highest BCUT2D eigenvalue weighted by molar-refractivity contribution is 9.10. The molecule has 0 saturated carbocycles. The van der Waals surface area contributed by atoms with Crippen LogP contribution in [-0.2, 0) is 29.0 Å². The number of carboxylic acids is 1. The van der Waals surface area contributed by atoms with Crippen LogP contribution in [-0.4, -0.2) is 33.8 Å². The first-order chi connectivity index (χ1) is 9.31. The molecule has 20 heavy (non-hydrogen) atoms. The third kappa shape index (κ3) is 2.87. The maximum atomic E-state index is 11.9. The van der Waals surface area contributed by atoms with E-state index in [4.69, 9.17) is 0 Å². The van der Waals surface area contributed by atoms with Crippen molar-refractivity contribution in [1.82, 2.24) is 15.1 Å². The van der Waals surface area contributed by atoms with Gasteiger partial charge in [-0.05, 0) is 36.2 Å². The summed E-state index contributed by atoms with van der Waals surface area (Å²) in [5, 5.41) is 16.2. The lowest BCUT2D eigenvalue weighted by molar-refractivity contribution is -0.154. The van der Waals surface area contributed by atoms with Gasteiger partial charge in [-0.25, -0.2) is 0 Å². The first kappa shape index (κ1) is 16.7. The van der Waals surface area contributed by atoms with Crippen LogP contribution in [0.15, 0.2) is 4.47 Å². The van der Waals surface area contributed by atoms with Crippen molar-refractivity contribution in [3.63, 3.8) is 0 Å². The molecular weight excluding hydrogens is 326 g/mol. The number of hydrogen-bond donors (Lipinski definition) is 2. The zero-order valence-corrected chi connectivity index (χ0v) is 13.7. The molecule has 7 heteroatoms. The van der Waals surface area contributed by atoms with Crippen molar-refractivity contribution in [2.75, 3.05) is 7.05 Å². The Labute approximate surface area is 126 Å². The summed E-state index contributed by atoms with van der Waals surface area (Å²) in [4.78, 5) is 23.4. The van der Waals surface area contributed by atoms with Gasteiger partial charge in [0.25, 0.3) is 0 Å². The van der Waals surface area contributed by atoms with E-state index < -0.39 is 17.3 Å². The number of carbonyl (C=O) groups excluding carboxylic acids is 1. The first-order valence-electron chi connectivity index (χ1n) is 6.51. The van der Waals surface area contributed by atoms with Crippen molar-refractivity contribution >= 4 is 27.8 Å². The van der Waals surface area contributed by atoms with Gasteiger partial charge in [-0.15, -0.1) is 0 Å². The number of halogens is 1. The van der Waals surface area contributed by atoms with Crippen LogP contribution in [0.5, 0.6) is 0 Å². The number of nitrogens with one attached hydrogen (secondary N) is 1. The maximum Gasteiger partial charge on any atom is 0.319 e. The Balaban J connectivity index is 3.28. The molecule has 6 nitrogen and oxygen atoms in total. The first-order valence-corrected chi connectivity index (χ1v) is 7.30. The minimum absolute atomic E-state index is 0.0867. The number of carboxylic acid groups (broad SMARTS) is 1. The van der Waals surface area contributed by atoms with E-state index in [1.54, 1.807) is 4.68 Å². The van der Waals surface area contributed by atoms with Gasteiger partial charge in [-0.2, -0.15) is 5.10 Å². The summed E-state index contributed by atoms with van der Waals surface area (Å²) >= 11 is 3.47. The predicted molar refractivity (Wildman–Crippen MR) is 78.5 cm³/mol. The Hall–Kier alpha value is -1.37. The molecule has 0 spiro atoms. The van der Waals surface area contributed by atoms with Crippen molar-refractivity contribution < 1.29 is 14.7 Å². The van der Waals surface area contributed by atoms with E-state index >= 15 is 0 Å². The molecule has 1 aromatic rings. The Kier molecular flexibility index (Phi) is 5.33. The van der Waals surface area contributed by atoms with Crippen LogP contribution in [0.2, 0.25) is 0 Å². The van der Waals surface area contributed by atoms with E-state index in [-0.39, 0.29) is 6.42 Å². The fraction of sp³-hybridized carbons (Fsp3) is 0.615. The van der Waals surface area contributed by atoms with E-state index in [2.05, 4.69) is 26.3 Å². The summed E-state index contributed by atoms with van der Waals surface area (Å²) < 4.78 is 2.53. The fourth-order valence-corrected chi connectivity index (χ4v) is 2.75. The van der Waals surface area contributed by atoms with Crippen molar-refractivity contribution in [1.29, 1.82) is 0 Å². The van der Waals surface area contributed by atoms with Gasteiger partial charge in [0.05, 0.1) is 15.9 Å². The largest absolute Gasteiger partial charge is 0.480 e. The number of aromatic nitrogens is 2. The number of aryl methyl sites for hydroxylation is 2. The van der Waals surface area contributed by atoms with Crippen LogP contribution in [0.3, 0.4) is 0 Å². The second-order valence-corrected chi connectivity index (χ2v) is 5.56. The van der Waals surface area contributed by atoms with Crippen molar-refractivity contribution in [2.45, 2.75) is 40.2 Å². The van der Waals surface area contributed by atoms with Gasteiger partial charge >= 0.3 is 5.97 Å². The predicted octanol–water partition coefficient (Wildman–Crippen LogP) is 1.61. The van der Waals surface area contributed by atoms with Gasteiger partial charge in [-0.1, -0.05) is 6.92 Å². The number of nitrogens with zero attached hydrogens (tertiary/aromatic N) is 2. The molecule has 1 rings (SSSR count). The lowest BCUT2D eigenvalue weighted by atomic mass is 9.84. The maximum absolute atomic E-state index is 11.9. The Morgan fingerprint density at radius 1 is 1.45 bits per heavy atom. The number of rotatable bonds is 6. The number of carbonyl (C=O) groups is 2. The van der Waals surface area contributed by atoms with E-state index in [1.165, 1.54) is 14.0 Å². The van der Waals surface area contributed by atoms with E-state index in [9.17, 15) is 14.7 Å². The molecular formula is C13H20BrN3O3. The number of amides is 1. The summed E-state index contributed by atoms with van der Waals surface area (Å²) in [5.41, 5.74) is 0.0826. The molecule has 2 N–H and O–H groups in total. The van der Waals surface area contributed by atoms with Crippen molar-refractivity contribution in [2.24, 2.45) is 5.41 Å². The zero-order valence-electron chi connectivity index (χ0n) is 12.2. The Morgan fingerprint density at radius 2 is 2.05 bits per heavy atom. The Bertz CT molecular complexity index is 527. The standard InChI is InChI=1S/C13H20BrN3O3/c1-5-8-10(14)9(17(6-2)16-8)7-13(3,12(19)20)11(18)15-4/h5-7H2,1-4H3,(H,15,18)(H,19,20). The number of aliphatic carboxylic acids is 1. The lowest BCUT2D eigenvalue weighted by Gasteiger charge is -2.23. The fourth-order valence-electron chi connectivity index (χ4n) is 2.05. The highest BCUT2D eigenvalue weighted by atomic mass is 79.9. The molecule has 1 heterocycles. The molecule has 0 bridgehead atoms. The molecule has 1 amide bonds. The van der Waals surface area contributed by atoms with Gasteiger partial charge in [0.2, 0.25) is 5.91 Å². The molecule has 1 unspecified atom stereocenters. The third-order valence-electron chi connectivity index (χ3n) is 3.42. The lowest BCUT2D eigenvalue weighted by Crippen LogP contribution is -2.45. The van der Waals surface area contributed by atoms with Gasteiger partial charge in [-0.3, -0.25) is 14.3 Å². The molecule has 112 valence electrons. The van der Waals surface area contributed by atoms with Crippen molar-refractivity contribution in [3.05, 3.63) is 15.9 Å². The average molecular weight is 346 g/mol. The minimum atomic E-state index is -1.52. The SMILES string of the molecule is CCc1nn(CC)c(CC(C)(C(=O)O)C(=O)NC)c1Br. The molecule has 0 aliphatic heterocycles. The molecule has 0 radical (unpaired) electrons. The summed E-state index contributed by atoms with van der Waals surface area (Å²) in [6.07, 6.45) is 0.827. The van der Waals surface area contributed by atoms with Gasteiger partial charge in [0, 0.05) is 20.0 Å². The third-order valence-corrected chi connectivity index (χ3v) is 4.33. The zero-order chi connectivity index (χ0) is 15.5. The normalized spacial score (nSPS) is 13.8. The molecule has 1 aromatic heterocycles. The minimum Gasteiger partial charge on any atom is -0.480 e. The molecule has 0 fully saturated rings. The van der Waals surface area contributed by atoms with Crippen LogP contribution in [0.1, 0.15) is 32.2 Å². The summed E-state index contributed by atoms with van der Waals surface area (Å²) in [7, 11) is 1.44. The molecule has 1 atom stereocenters. The highest BCUT2D eigenvalue weighted by Crippen LogP contribution is 2.30. The quantitative estimate of drug-likeness (QED) is 0.767. The topological polar surface area (TPSA) is 84.2 Å². The van der Waals surface area contributed by atoms with Gasteiger partial charge in [0.1, 0.15) is 5.41 Å². The molecule has 0 aliphatic rings. The van der Waals surface area contributed by atoms with Crippen molar-refractivity contribution in [3.8, 4) is 0 Å². The smallest absolute Gasteiger partial charge is 0.319 e. The monoisotopic (exact) mass is 345 g/mol. The average Bonchev–Trinajstić information content (AvgIpc) is 2.73. The van der Waals surface area contributed by atoms with Crippen LogP contribution in [0.4, 0.5) is 0 Å². The van der Waals surface area contributed by atoms with Crippen LogP contribution < -0.4 is 5.32 Å². The highest BCUT2D eigenvalue weighted by Gasteiger charge is 2.42. The molecule has 0 aromatic carbocycles. The summed E-state index contributed by atoms with van der Waals surface area (Å²) in [6.45, 7) is 5.96. The van der Waals surface area contributed by atoms with Gasteiger partial charge in [0.15, 0.2) is 0 Å². The number of hydrogen-bond acceptors (Lipinski definition) is 3. The Morgan fingerprint density at radius 3 is 2.45 bits per heavy atom.